The average Bonchev–Trinajstić information content (AvgIpc) is 2.58. The molecular weight excluding hydrogens is 314 g/mol. The van der Waals surface area contributed by atoms with Crippen molar-refractivity contribution in [3.63, 3.8) is 0 Å². The Morgan fingerprint density at radius 1 is 1.17 bits per heavy atom. The van der Waals surface area contributed by atoms with Crippen molar-refractivity contribution < 1.29 is 14.3 Å². The third-order valence-corrected chi connectivity index (χ3v) is 3.60. The molecule has 1 N–H and O–H groups in total. The first-order chi connectivity index (χ1) is 11.1. The number of amides is 1. The Morgan fingerprint density at radius 3 is 2.52 bits per heavy atom. The number of carbonyl (C=O) groups excluding carboxylic acids is 1. The fourth-order valence-corrected chi connectivity index (χ4v) is 2.25. The van der Waals surface area contributed by atoms with Gasteiger partial charge in [0.1, 0.15) is 11.5 Å². The minimum Gasteiger partial charge on any atom is -0.497 e. The lowest BCUT2D eigenvalue weighted by atomic mass is 10.2. The van der Waals surface area contributed by atoms with Crippen molar-refractivity contribution in [2.24, 2.45) is 0 Å². The van der Waals surface area contributed by atoms with Gasteiger partial charge in [0.15, 0.2) is 6.10 Å². The summed E-state index contributed by atoms with van der Waals surface area (Å²) in [7, 11) is 1.62. The van der Waals surface area contributed by atoms with Gasteiger partial charge in [-0.25, -0.2) is 0 Å². The molecule has 2 aromatic carbocycles. The summed E-state index contributed by atoms with van der Waals surface area (Å²) < 4.78 is 10.8. The van der Waals surface area contributed by atoms with E-state index in [1.54, 1.807) is 31.4 Å². The zero-order valence-electron chi connectivity index (χ0n) is 13.2. The highest BCUT2D eigenvalue weighted by atomic mass is 35.5. The van der Waals surface area contributed by atoms with Gasteiger partial charge >= 0.3 is 0 Å². The molecule has 2 aromatic rings. The highest BCUT2D eigenvalue weighted by Crippen LogP contribution is 2.19. The lowest BCUT2D eigenvalue weighted by molar-refractivity contribution is -0.128. The smallest absolute Gasteiger partial charge is 0.261 e. The zero-order chi connectivity index (χ0) is 16.7. The second-order valence-corrected chi connectivity index (χ2v) is 5.47. The molecule has 5 heteroatoms. The Bertz CT molecular complexity index is 643. The predicted octanol–water partition coefficient (Wildman–Crippen LogP) is 3.82. The van der Waals surface area contributed by atoms with Crippen LogP contribution in [0.4, 0.5) is 0 Å². The van der Waals surface area contributed by atoms with Gasteiger partial charge in [-0.3, -0.25) is 4.79 Å². The van der Waals surface area contributed by atoms with Gasteiger partial charge in [0.05, 0.1) is 7.11 Å². The molecule has 0 saturated heterocycles. The van der Waals surface area contributed by atoms with E-state index in [1.807, 2.05) is 31.2 Å². The molecule has 0 spiro atoms. The highest BCUT2D eigenvalue weighted by Gasteiger charge is 2.18. The van der Waals surface area contributed by atoms with Crippen LogP contribution in [-0.4, -0.2) is 19.1 Å². The molecule has 1 atom stereocenters. The van der Waals surface area contributed by atoms with Gasteiger partial charge in [-0.15, -0.1) is 0 Å². The first kappa shape index (κ1) is 17.2. The summed E-state index contributed by atoms with van der Waals surface area (Å²) in [6.45, 7) is 2.35. The minimum absolute atomic E-state index is 0.150. The lowest BCUT2D eigenvalue weighted by Crippen LogP contribution is -2.37. The zero-order valence-corrected chi connectivity index (χ0v) is 14.0. The lowest BCUT2D eigenvalue weighted by Gasteiger charge is -2.17. The van der Waals surface area contributed by atoms with Crippen LogP contribution < -0.4 is 14.8 Å². The Morgan fingerprint density at radius 2 is 1.91 bits per heavy atom. The predicted molar refractivity (Wildman–Crippen MR) is 91.0 cm³/mol. The van der Waals surface area contributed by atoms with Crippen LogP contribution in [0.1, 0.15) is 18.9 Å². The van der Waals surface area contributed by atoms with E-state index in [9.17, 15) is 4.79 Å². The monoisotopic (exact) mass is 333 g/mol. The number of halogens is 1. The standard InChI is InChI=1S/C18H20ClNO3/c1-3-17(23-16-6-4-5-14(19)11-16)18(21)20-12-13-7-9-15(22-2)10-8-13/h4-11,17H,3,12H2,1-2H3,(H,20,21)/t17-/m0/s1. The van der Waals surface area contributed by atoms with E-state index in [4.69, 9.17) is 21.1 Å². The Balaban J connectivity index is 1.91. The number of hydrogen-bond acceptors (Lipinski definition) is 3. The van der Waals surface area contributed by atoms with E-state index in [0.717, 1.165) is 11.3 Å². The molecule has 4 nitrogen and oxygen atoms in total. The molecule has 0 aliphatic rings. The van der Waals surface area contributed by atoms with Crippen molar-refractivity contribution in [3.8, 4) is 11.5 Å². The van der Waals surface area contributed by atoms with Crippen LogP contribution in [0.2, 0.25) is 5.02 Å². The SMILES string of the molecule is CC[C@H](Oc1cccc(Cl)c1)C(=O)NCc1ccc(OC)cc1. The molecule has 0 aromatic heterocycles. The fourth-order valence-electron chi connectivity index (χ4n) is 2.07. The summed E-state index contributed by atoms with van der Waals surface area (Å²) >= 11 is 5.93. The summed E-state index contributed by atoms with van der Waals surface area (Å²) in [5.41, 5.74) is 0.997. The molecule has 0 fully saturated rings. The molecule has 0 aliphatic carbocycles. The number of ether oxygens (including phenoxy) is 2. The van der Waals surface area contributed by atoms with Gasteiger partial charge in [-0.2, -0.15) is 0 Å². The minimum atomic E-state index is -0.549. The topological polar surface area (TPSA) is 47.6 Å². The molecule has 0 radical (unpaired) electrons. The fraction of sp³-hybridized carbons (Fsp3) is 0.278. The molecule has 0 bridgehead atoms. The normalized spacial score (nSPS) is 11.6. The van der Waals surface area contributed by atoms with Crippen LogP contribution in [0, 0.1) is 0 Å². The third kappa shape index (κ3) is 5.18. The van der Waals surface area contributed by atoms with Crippen molar-refractivity contribution >= 4 is 17.5 Å². The van der Waals surface area contributed by atoms with Crippen LogP contribution in [0.5, 0.6) is 11.5 Å². The molecule has 23 heavy (non-hydrogen) atoms. The Kier molecular flexibility index (Phi) is 6.29. The van der Waals surface area contributed by atoms with Crippen molar-refractivity contribution in [2.75, 3.05) is 7.11 Å². The van der Waals surface area contributed by atoms with Crippen molar-refractivity contribution in [3.05, 3.63) is 59.1 Å². The second kappa shape index (κ2) is 8.44. The van der Waals surface area contributed by atoms with E-state index < -0.39 is 6.10 Å². The highest BCUT2D eigenvalue weighted by molar-refractivity contribution is 6.30. The van der Waals surface area contributed by atoms with Crippen LogP contribution in [-0.2, 0) is 11.3 Å². The van der Waals surface area contributed by atoms with Gasteiger partial charge in [-0.05, 0) is 42.3 Å². The van der Waals surface area contributed by atoms with Crippen molar-refractivity contribution in [2.45, 2.75) is 26.0 Å². The van der Waals surface area contributed by atoms with Gasteiger partial charge in [0, 0.05) is 11.6 Å². The molecule has 2 rings (SSSR count). The first-order valence-electron chi connectivity index (χ1n) is 7.45. The Hall–Kier alpha value is -2.20. The molecule has 0 aliphatic heterocycles. The molecule has 1 amide bonds. The van der Waals surface area contributed by atoms with E-state index in [1.165, 1.54) is 0 Å². The maximum absolute atomic E-state index is 12.3. The molecule has 0 unspecified atom stereocenters. The van der Waals surface area contributed by atoms with Gasteiger partial charge in [0.2, 0.25) is 0 Å². The van der Waals surface area contributed by atoms with Crippen LogP contribution in [0.15, 0.2) is 48.5 Å². The third-order valence-electron chi connectivity index (χ3n) is 3.36. The van der Waals surface area contributed by atoms with E-state index in [0.29, 0.717) is 23.7 Å². The first-order valence-corrected chi connectivity index (χ1v) is 7.83. The van der Waals surface area contributed by atoms with E-state index >= 15 is 0 Å². The van der Waals surface area contributed by atoms with Crippen LogP contribution in [0.3, 0.4) is 0 Å². The number of nitrogens with one attached hydrogen (secondary N) is 1. The summed E-state index contributed by atoms with van der Waals surface area (Å²) in [5, 5.41) is 3.46. The largest absolute Gasteiger partial charge is 0.497 e. The van der Waals surface area contributed by atoms with Crippen LogP contribution in [0.25, 0.3) is 0 Å². The maximum atomic E-state index is 12.3. The van der Waals surface area contributed by atoms with E-state index in [-0.39, 0.29) is 5.91 Å². The second-order valence-electron chi connectivity index (χ2n) is 5.04. The summed E-state index contributed by atoms with van der Waals surface area (Å²) in [5.74, 6) is 1.23. The molecule has 0 heterocycles. The molecular formula is C18H20ClNO3. The number of rotatable bonds is 7. The quantitative estimate of drug-likeness (QED) is 0.837. The number of benzene rings is 2. The molecule has 122 valence electrons. The number of methoxy groups -OCH3 is 1. The summed E-state index contributed by atoms with van der Waals surface area (Å²) in [4.78, 5) is 12.3. The maximum Gasteiger partial charge on any atom is 0.261 e. The van der Waals surface area contributed by atoms with E-state index in [2.05, 4.69) is 5.32 Å². The van der Waals surface area contributed by atoms with Gasteiger partial charge in [-0.1, -0.05) is 36.7 Å². The van der Waals surface area contributed by atoms with Crippen molar-refractivity contribution in [1.29, 1.82) is 0 Å². The average molecular weight is 334 g/mol. The Labute approximate surface area is 141 Å². The summed E-state index contributed by atoms with van der Waals surface area (Å²) in [6, 6.07) is 14.6. The molecule has 0 saturated carbocycles. The number of carbonyl (C=O) groups is 1. The number of hydrogen-bond donors (Lipinski definition) is 1. The van der Waals surface area contributed by atoms with Crippen molar-refractivity contribution in [1.82, 2.24) is 5.32 Å². The van der Waals surface area contributed by atoms with Gasteiger partial charge in [0.25, 0.3) is 5.91 Å². The van der Waals surface area contributed by atoms with Gasteiger partial charge < -0.3 is 14.8 Å². The summed E-state index contributed by atoms with van der Waals surface area (Å²) in [6.07, 6.45) is 0.0211. The van der Waals surface area contributed by atoms with Crippen LogP contribution >= 0.6 is 11.6 Å².